The summed E-state index contributed by atoms with van der Waals surface area (Å²) in [5.74, 6) is 1.85. The van der Waals surface area contributed by atoms with Crippen LogP contribution in [0.4, 0.5) is 0 Å². The van der Waals surface area contributed by atoms with Crippen LogP contribution in [0.25, 0.3) is 0 Å². The second-order valence-electron chi connectivity index (χ2n) is 11.6. The Kier molecular flexibility index (Phi) is 12.0. The van der Waals surface area contributed by atoms with E-state index in [2.05, 4.69) is 86.6 Å². The zero-order valence-electron chi connectivity index (χ0n) is 25.6. The maximum absolute atomic E-state index is 6.20. The van der Waals surface area contributed by atoms with Gasteiger partial charge in [-0.1, -0.05) is 67.0 Å². The van der Waals surface area contributed by atoms with E-state index in [1.807, 2.05) is 0 Å². The lowest BCUT2D eigenvalue weighted by atomic mass is 9.76. The van der Waals surface area contributed by atoms with Crippen LogP contribution in [0.3, 0.4) is 0 Å². The van der Waals surface area contributed by atoms with Gasteiger partial charge < -0.3 is 27.1 Å². The lowest BCUT2D eigenvalue weighted by Gasteiger charge is -2.30. The number of benzene rings is 2. The fourth-order valence-electron chi connectivity index (χ4n) is 4.70. The third-order valence-electron chi connectivity index (χ3n) is 6.62. The Morgan fingerprint density at radius 3 is 1.24 bits per heavy atom. The Morgan fingerprint density at radius 2 is 0.974 bits per heavy atom. The molecule has 8 heteroatoms. The van der Waals surface area contributed by atoms with Crippen LogP contribution < -0.4 is 9.05 Å². The van der Waals surface area contributed by atoms with Crippen molar-refractivity contribution in [2.45, 2.75) is 91.9 Å². The molecule has 0 fully saturated rings. The summed E-state index contributed by atoms with van der Waals surface area (Å²) >= 11 is 0. The van der Waals surface area contributed by atoms with E-state index in [0.29, 0.717) is 0 Å². The molecule has 0 aliphatic carbocycles. The SMILES string of the molecule is CCCC(c1cc(C(C)(C)C)c(OP(OC)OC)cc1C)c1cc(C(C)(C)C)c(OP(OC)OC)cc1C. The Balaban J connectivity index is 2.76. The summed E-state index contributed by atoms with van der Waals surface area (Å²) in [6, 6.07) is 8.96. The van der Waals surface area contributed by atoms with E-state index < -0.39 is 17.2 Å². The molecule has 0 unspecified atom stereocenters. The largest absolute Gasteiger partial charge is 0.426 e. The molecular formula is C30H48O6P2. The summed E-state index contributed by atoms with van der Waals surface area (Å²) in [4.78, 5) is 0. The molecule has 0 saturated carbocycles. The minimum Gasteiger partial charge on any atom is -0.426 e. The van der Waals surface area contributed by atoms with Gasteiger partial charge in [0.25, 0.3) is 0 Å². The second kappa shape index (κ2) is 13.9. The molecule has 214 valence electrons. The minimum atomic E-state index is -1.45. The zero-order chi connectivity index (χ0) is 28.8. The molecule has 2 rings (SSSR count). The van der Waals surface area contributed by atoms with Crippen LogP contribution >= 0.6 is 17.2 Å². The smallest absolute Gasteiger partial charge is 0.396 e. The van der Waals surface area contributed by atoms with Crippen LogP contribution in [0, 0.1) is 13.8 Å². The molecule has 0 bridgehead atoms. The second-order valence-corrected chi connectivity index (χ2v) is 14.3. The van der Waals surface area contributed by atoms with E-state index >= 15 is 0 Å². The van der Waals surface area contributed by atoms with Crippen LogP contribution in [0.5, 0.6) is 11.5 Å². The van der Waals surface area contributed by atoms with Crippen molar-refractivity contribution in [1.82, 2.24) is 0 Å². The third kappa shape index (κ3) is 8.13. The van der Waals surface area contributed by atoms with Gasteiger partial charge in [0.15, 0.2) is 0 Å². The van der Waals surface area contributed by atoms with Gasteiger partial charge in [0.2, 0.25) is 0 Å². The van der Waals surface area contributed by atoms with Crippen LogP contribution in [0.1, 0.15) is 101 Å². The van der Waals surface area contributed by atoms with Crippen molar-refractivity contribution < 1.29 is 27.1 Å². The normalized spacial score (nSPS) is 12.6. The summed E-state index contributed by atoms with van der Waals surface area (Å²) in [6.07, 6.45) is 2.09. The predicted molar refractivity (Wildman–Crippen MR) is 160 cm³/mol. The van der Waals surface area contributed by atoms with Crippen molar-refractivity contribution in [3.05, 3.63) is 57.6 Å². The highest BCUT2D eigenvalue weighted by molar-refractivity contribution is 7.42. The fraction of sp³-hybridized carbons (Fsp3) is 0.600. The maximum atomic E-state index is 6.20. The van der Waals surface area contributed by atoms with Crippen molar-refractivity contribution in [3.8, 4) is 11.5 Å². The van der Waals surface area contributed by atoms with Gasteiger partial charge in [-0.05, 0) is 65.5 Å². The van der Waals surface area contributed by atoms with Gasteiger partial charge in [0.1, 0.15) is 11.5 Å². The molecule has 0 radical (unpaired) electrons. The van der Waals surface area contributed by atoms with E-state index in [1.54, 1.807) is 28.4 Å². The molecular weight excluding hydrogens is 518 g/mol. The monoisotopic (exact) mass is 566 g/mol. The molecule has 6 nitrogen and oxygen atoms in total. The first-order valence-corrected chi connectivity index (χ1v) is 15.3. The standard InChI is InChI=1S/C30H48O6P2/c1-14-15-22(23-18-25(29(4,5)6)27(16-20(23)2)35-37(31-10)32-11)24-19-26(30(7,8)9)28(17-21(24)3)36-38(33-12)34-13/h16-19,22H,14-15H2,1-13H3. The van der Waals surface area contributed by atoms with Crippen LogP contribution in [-0.4, -0.2) is 28.4 Å². The van der Waals surface area contributed by atoms with Crippen molar-refractivity contribution >= 4 is 17.2 Å². The van der Waals surface area contributed by atoms with Crippen LogP contribution in [-0.2, 0) is 28.9 Å². The maximum Gasteiger partial charge on any atom is 0.396 e. The average molecular weight is 567 g/mol. The van der Waals surface area contributed by atoms with Gasteiger partial charge in [0.05, 0.1) is 0 Å². The Labute approximate surface area is 233 Å². The van der Waals surface area contributed by atoms with E-state index in [-0.39, 0.29) is 16.7 Å². The van der Waals surface area contributed by atoms with Crippen LogP contribution in [0.15, 0.2) is 24.3 Å². The first kappa shape index (κ1) is 32.9. The van der Waals surface area contributed by atoms with Crippen molar-refractivity contribution in [2.75, 3.05) is 28.4 Å². The fourth-order valence-corrected chi connectivity index (χ4v) is 5.92. The molecule has 2 aromatic carbocycles. The zero-order valence-corrected chi connectivity index (χ0v) is 27.4. The molecule has 0 amide bonds. The topological polar surface area (TPSA) is 55.4 Å². The summed E-state index contributed by atoms with van der Waals surface area (Å²) in [7, 11) is 3.52. The molecule has 0 aliphatic heterocycles. The quantitative estimate of drug-likeness (QED) is 0.239. The Morgan fingerprint density at radius 1 is 0.632 bits per heavy atom. The van der Waals surface area contributed by atoms with Crippen molar-refractivity contribution in [1.29, 1.82) is 0 Å². The summed E-state index contributed by atoms with van der Waals surface area (Å²) in [6.45, 7) is 19.9. The number of aryl methyl sites for hydroxylation is 2. The lowest BCUT2D eigenvalue weighted by molar-refractivity contribution is 0.274. The average Bonchev–Trinajstić information content (AvgIpc) is 2.83. The van der Waals surface area contributed by atoms with Gasteiger partial charge in [-0.25, -0.2) is 0 Å². The van der Waals surface area contributed by atoms with E-state index in [9.17, 15) is 0 Å². The Bertz CT molecular complexity index is 969. The molecule has 0 N–H and O–H groups in total. The molecule has 0 saturated heterocycles. The molecule has 0 aliphatic rings. The molecule has 2 aromatic rings. The summed E-state index contributed by atoms with van der Waals surface area (Å²) in [5, 5.41) is 0. The molecule has 0 spiro atoms. The van der Waals surface area contributed by atoms with E-state index in [1.165, 1.54) is 22.3 Å². The predicted octanol–water partition coefficient (Wildman–Crippen LogP) is 9.63. The molecule has 0 heterocycles. The highest BCUT2D eigenvalue weighted by atomic mass is 31.2. The first-order valence-electron chi connectivity index (χ1n) is 13.1. The number of rotatable bonds is 12. The van der Waals surface area contributed by atoms with Crippen molar-refractivity contribution in [3.63, 3.8) is 0 Å². The Hall–Kier alpha value is -1.26. The van der Waals surface area contributed by atoms with Gasteiger partial charge in [-0.15, -0.1) is 0 Å². The van der Waals surface area contributed by atoms with Gasteiger partial charge in [-0.2, -0.15) is 0 Å². The molecule has 38 heavy (non-hydrogen) atoms. The minimum absolute atomic E-state index is 0.127. The number of hydrogen-bond acceptors (Lipinski definition) is 6. The van der Waals surface area contributed by atoms with E-state index in [0.717, 1.165) is 35.5 Å². The summed E-state index contributed by atoms with van der Waals surface area (Å²) in [5.41, 5.74) is 7.03. The number of hydrogen-bond donors (Lipinski definition) is 0. The molecule has 0 aromatic heterocycles. The third-order valence-corrected chi connectivity index (χ3v) is 8.51. The van der Waals surface area contributed by atoms with Crippen LogP contribution in [0.2, 0.25) is 0 Å². The highest BCUT2D eigenvalue weighted by Crippen LogP contribution is 2.48. The lowest BCUT2D eigenvalue weighted by Crippen LogP contribution is -2.17. The van der Waals surface area contributed by atoms with Gasteiger partial charge in [0, 0.05) is 45.5 Å². The van der Waals surface area contributed by atoms with Crippen molar-refractivity contribution in [2.24, 2.45) is 0 Å². The molecule has 0 atom stereocenters. The summed E-state index contributed by atoms with van der Waals surface area (Å²) < 4.78 is 34.0. The van der Waals surface area contributed by atoms with Gasteiger partial charge >= 0.3 is 17.2 Å². The highest BCUT2D eigenvalue weighted by Gasteiger charge is 2.29. The van der Waals surface area contributed by atoms with E-state index in [4.69, 9.17) is 27.1 Å². The van der Waals surface area contributed by atoms with Gasteiger partial charge in [-0.3, -0.25) is 0 Å². The first-order chi connectivity index (χ1) is 17.7.